The highest BCUT2D eigenvalue weighted by Gasteiger charge is 2.12. The molecule has 2 aromatic rings. The molecule has 5 heteroatoms. The van der Waals surface area contributed by atoms with Crippen LogP contribution in [-0.4, -0.2) is 20.1 Å². The maximum atomic E-state index is 5.32. The number of fused-ring (bicyclic) bond motifs is 1. The fourth-order valence-electron chi connectivity index (χ4n) is 2.09. The lowest BCUT2D eigenvalue weighted by molar-refractivity contribution is 0.174. The normalized spacial score (nSPS) is 12.6. The van der Waals surface area contributed by atoms with Gasteiger partial charge in [-0.2, -0.15) is 5.10 Å². The molecule has 0 saturated carbocycles. The highest BCUT2D eigenvalue weighted by Crippen LogP contribution is 2.31. The molecule has 0 bridgehead atoms. The predicted molar refractivity (Wildman–Crippen MR) is 80.0 cm³/mol. The molecule has 0 radical (unpaired) electrons. The fourth-order valence-corrected chi connectivity index (χ4v) is 2.09. The molecule has 0 atom stereocenters. The van der Waals surface area contributed by atoms with Crippen LogP contribution in [0.3, 0.4) is 0 Å². The topological polar surface area (TPSA) is 52.1 Å². The van der Waals surface area contributed by atoms with Crippen LogP contribution in [0.25, 0.3) is 0 Å². The largest absolute Gasteiger partial charge is 0.496 e. The van der Waals surface area contributed by atoms with E-state index in [0.29, 0.717) is 6.54 Å². The second-order valence-corrected chi connectivity index (χ2v) is 4.52. The van der Waals surface area contributed by atoms with E-state index in [0.717, 1.165) is 28.4 Å². The van der Waals surface area contributed by atoms with Crippen LogP contribution >= 0.6 is 0 Å². The molecular weight excluding hydrogens is 268 g/mol. The standard InChI is InChI=1S/C16H16N2O3/c1-19-14-5-3-2-4-13(14)10-18-17-9-12-6-7-15-16(8-12)21-11-20-15/h2-9,18H,10-11H2,1H3/b17-9-. The summed E-state index contributed by atoms with van der Waals surface area (Å²) in [7, 11) is 1.66. The molecule has 1 heterocycles. The Balaban J connectivity index is 1.60. The summed E-state index contributed by atoms with van der Waals surface area (Å²) in [4.78, 5) is 0. The fraction of sp³-hybridized carbons (Fsp3) is 0.188. The molecule has 1 aliphatic rings. The summed E-state index contributed by atoms with van der Waals surface area (Å²) in [6.45, 7) is 0.882. The van der Waals surface area contributed by atoms with Crippen LogP contribution in [0.5, 0.6) is 17.2 Å². The van der Waals surface area contributed by atoms with E-state index in [4.69, 9.17) is 14.2 Å². The van der Waals surface area contributed by atoms with E-state index in [1.165, 1.54) is 0 Å². The van der Waals surface area contributed by atoms with Gasteiger partial charge in [0.15, 0.2) is 11.5 Å². The van der Waals surface area contributed by atoms with Gasteiger partial charge in [-0.1, -0.05) is 18.2 Å². The van der Waals surface area contributed by atoms with E-state index in [-0.39, 0.29) is 6.79 Å². The maximum Gasteiger partial charge on any atom is 0.231 e. The Morgan fingerprint density at radius 3 is 2.95 bits per heavy atom. The van der Waals surface area contributed by atoms with E-state index >= 15 is 0 Å². The molecule has 0 spiro atoms. The number of hydrogen-bond donors (Lipinski definition) is 1. The van der Waals surface area contributed by atoms with Crippen LogP contribution in [0.2, 0.25) is 0 Å². The van der Waals surface area contributed by atoms with Crippen LogP contribution in [-0.2, 0) is 6.54 Å². The summed E-state index contributed by atoms with van der Waals surface area (Å²) >= 11 is 0. The van der Waals surface area contributed by atoms with Crippen LogP contribution in [0, 0.1) is 0 Å². The van der Waals surface area contributed by atoms with Gasteiger partial charge in [-0.25, -0.2) is 0 Å². The van der Waals surface area contributed by atoms with Crippen LogP contribution in [0.15, 0.2) is 47.6 Å². The van der Waals surface area contributed by atoms with Crippen molar-refractivity contribution < 1.29 is 14.2 Å². The molecule has 0 aromatic heterocycles. The van der Waals surface area contributed by atoms with E-state index in [2.05, 4.69) is 10.5 Å². The summed E-state index contributed by atoms with van der Waals surface area (Å²) in [5.74, 6) is 2.38. The second-order valence-electron chi connectivity index (χ2n) is 4.52. The van der Waals surface area contributed by atoms with Gasteiger partial charge in [0.05, 0.1) is 19.9 Å². The Bertz CT molecular complexity index is 656. The van der Waals surface area contributed by atoms with Crippen molar-refractivity contribution in [2.45, 2.75) is 6.54 Å². The van der Waals surface area contributed by atoms with Crippen molar-refractivity contribution in [3.05, 3.63) is 53.6 Å². The first-order valence-electron chi connectivity index (χ1n) is 6.64. The second kappa shape index (κ2) is 6.17. The summed E-state index contributed by atoms with van der Waals surface area (Å²) in [6.07, 6.45) is 1.75. The van der Waals surface area contributed by atoms with Crippen molar-refractivity contribution in [2.24, 2.45) is 5.10 Å². The molecule has 0 aliphatic carbocycles. The van der Waals surface area contributed by atoms with Gasteiger partial charge < -0.3 is 19.6 Å². The number of ether oxygens (including phenoxy) is 3. The first kappa shape index (κ1) is 13.3. The van der Waals surface area contributed by atoms with Crippen molar-refractivity contribution in [1.82, 2.24) is 5.43 Å². The number of para-hydroxylation sites is 1. The summed E-state index contributed by atoms with van der Waals surface area (Å²) in [5.41, 5.74) is 5.02. The number of nitrogens with zero attached hydrogens (tertiary/aromatic N) is 1. The van der Waals surface area contributed by atoms with Gasteiger partial charge in [0, 0.05) is 5.56 Å². The monoisotopic (exact) mass is 284 g/mol. The Kier molecular flexibility index (Phi) is 3.91. The molecule has 0 fully saturated rings. The lowest BCUT2D eigenvalue weighted by Crippen LogP contribution is -2.06. The van der Waals surface area contributed by atoms with Crippen LogP contribution < -0.4 is 19.6 Å². The van der Waals surface area contributed by atoms with Gasteiger partial charge in [-0.3, -0.25) is 0 Å². The van der Waals surface area contributed by atoms with Crippen molar-refractivity contribution >= 4 is 6.21 Å². The number of nitrogens with one attached hydrogen (secondary N) is 1. The van der Waals surface area contributed by atoms with Crippen LogP contribution in [0.4, 0.5) is 0 Å². The minimum absolute atomic E-state index is 0.280. The van der Waals surface area contributed by atoms with Gasteiger partial charge >= 0.3 is 0 Å². The van der Waals surface area contributed by atoms with E-state index < -0.39 is 0 Å². The zero-order valence-electron chi connectivity index (χ0n) is 11.7. The Morgan fingerprint density at radius 2 is 2.05 bits per heavy atom. The summed E-state index contributed by atoms with van der Waals surface area (Å²) in [5, 5.41) is 4.21. The molecule has 108 valence electrons. The molecule has 1 aliphatic heterocycles. The van der Waals surface area contributed by atoms with Gasteiger partial charge in [-0.15, -0.1) is 0 Å². The number of hydrogen-bond acceptors (Lipinski definition) is 5. The highest BCUT2D eigenvalue weighted by molar-refractivity contribution is 5.80. The van der Waals surface area contributed by atoms with Crippen molar-refractivity contribution in [2.75, 3.05) is 13.9 Å². The quantitative estimate of drug-likeness (QED) is 0.677. The minimum Gasteiger partial charge on any atom is -0.496 e. The molecule has 1 N–H and O–H groups in total. The third-order valence-electron chi connectivity index (χ3n) is 3.16. The van der Waals surface area contributed by atoms with Crippen molar-refractivity contribution in [3.8, 4) is 17.2 Å². The Morgan fingerprint density at radius 1 is 1.19 bits per heavy atom. The lowest BCUT2D eigenvalue weighted by atomic mass is 10.2. The molecule has 0 amide bonds. The summed E-state index contributed by atoms with van der Waals surface area (Å²) in [6, 6.07) is 13.6. The molecule has 0 unspecified atom stereocenters. The zero-order valence-corrected chi connectivity index (χ0v) is 11.7. The third-order valence-corrected chi connectivity index (χ3v) is 3.16. The van der Waals surface area contributed by atoms with Gasteiger partial charge in [0.2, 0.25) is 6.79 Å². The highest BCUT2D eigenvalue weighted by atomic mass is 16.7. The van der Waals surface area contributed by atoms with E-state index in [1.807, 2.05) is 42.5 Å². The smallest absolute Gasteiger partial charge is 0.231 e. The number of hydrazone groups is 1. The van der Waals surface area contributed by atoms with Crippen molar-refractivity contribution in [3.63, 3.8) is 0 Å². The van der Waals surface area contributed by atoms with Gasteiger partial charge in [-0.05, 0) is 29.8 Å². The average Bonchev–Trinajstić information content (AvgIpc) is 2.99. The number of methoxy groups -OCH3 is 1. The predicted octanol–water partition coefficient (Wildman–Crippen LogP) is 2.55. The molecule has 2 aromatic carbocycles. The molecular formula is C16H16N2O3. The lowest BCUT2D eigenvalue weighted by Gasteiger charge is -2.07. The minimum atomic E-state index is 0.280. The molecule has 5 nitrogen and oxygen atoms in total. The molecule has 3 rings (SSSR count). The Hall–Kier alpha value is -2.69. The van der Waals surface area contributed by atoms with E-state index in [9.17, 15) is 0 Å². The number of benzene rings is 2. The third kappa shape index (κ3) is 3.08. The summed E-state index contributed by atoms with van der Waals surface area (Å²) < 4.78 is 15.9. The van der Waals surface area contributed by atoms with Crippen LogP contribution in [0.1, 0.15) is 11.1 Å². The van der Waals surface area contributed by atoms with Gasteiger partial charge in [0.1, 0.15) is 5.75 Å². The average molecular weight is 284 g/mol. The molecule has 0 saturated heterocycles. The first-order chi connectivity index (χ1) is 10.4. The maximum absolute atomic E-state index is 5.32. The first-order valence-corrected chi connectivity index (χ1v) is 6.64. The van der Waals surface area contributed by atoms with Gasteiger partial charge in [0.25, 0.3) is 0 Å². The SMILES string of the molecule is COc1ccccc1CN/N=C\c1ccc2c(c1)OCO2. The zero-order chi connectivity index (χ0) is 14.5. The Labute approximate surface area is 123 Å². The van der Waals surface area contributed by atoms with E-state index in [1.54, 1.807) is 13.3 Å². The number of rotatable bonds is 5. The van der Waals surface area contributed by atoms with Crippen molar-refractivity contribution in [1.29, 1.82) is 0 Å². The molecule has 21 heavy (non-hydrogen) atoms.